The molecule has 0 amide bonds. The second-order valence-corrected chi connectivity index (χ2v) is 6.83. The summed E-state index contributed by atoms with van der Waals surface area (Å²) in [6.07, 6.45) is 0.677. The largest absolute Gasteiger partial charge is 0.468 e. The van der Waals surface area contributed by atoms with Crippen molar-refractivity contribution < 1.29 is 17.9 Å². The van der Waals surface area contributed by atoms with Gasteiger partial charge in [-0.3, -0.25) is 4.79 Å². The first-order valence-corrected chi connectivity index (χ1v) is 6.25. The van der Waals surface area contributed by atoms with E-state index in [-0.39, 0.29) is 0 Å². The Bertz CT molecular complexity index is 362. The van der Waals surface area contributed by atoms with Gasteiger partial charge in [-0.1, -0.05) is 0 Å². The van der Waals surface area contributed by atoms with E-state index in [1.165, 1.54) is 7.11 Å². The first-order valence-electron chi connectivity index (χ1n) is 4.77. The van der Waals surface area contributed by atoms with E-state index in [1.54, 1.807) is 20.8 Å². The topological polar surface area (TPSA) is 72.5 Å². The molecule has 1 rings (SSSR count). The molecule has 1 fully saturated rings. The van der Waals surface area contributed by atoms with Crippen LogP contribution in [-0.2, 0) is 19.6 Å². The van der Waals surface area contributed by atoms with Crippen molar-refractivity contribution in [2.45, 2.75) is 43.9 Å². The third-order valence-corrected chi connectivity index (χ3v) is 4.70. The summed E-state index contributed by atoms with van der Waals surface area (Å²) in [5, 5.41) is 0. The number of hydrogen-bond donors (Lipinski definition) is 1. The van der Waals surface area contributed by atoms with Crippen LogP contribution in [0.15, 0.2) is 0 Å². The number of carbonyl (C=O) groups excluding carboxylic acids is 1. The zero-order valence-electron chi connectivity index (χ0n) is 9.46. The fourth-order valence-corrected chi connectivity index (χ4v) is 3.33. The molecular formula is C9H17NO4S. The van der Waals surface area contributed by atoms with Gasteiger partial charge in [0.2, 0.25) is 10.0 Å². The fraction of sp³-hybridized carbons (Fsp3) is 0.889. The van der Waals surface area contributed by atoms with E-state index in [1.807, 2.05) is 0 Å². The first-order chi connectivity index (χ1) is 6.65. The van der Waals surface area contributed by atoms with E-state index in [9.17, 15) is 13.2 Å². The van der Waals surface area contributed by atoms with Gasteiger partial charge in [0.1, 0.15) is 0 Å². The van der Waals surface area contributed by atoms with Gasteiger partial charge in [0.05, 0.1) is 7.11 Å². The maximum atomic E-state index is 11.9. The molecule has 0 aromatic carbocycles. The van der Waals surface area contributed by atoms with E-state index >= 15 is 0 Å². The Hall–Kier alpha value is -0.620. The van der Waals surface area contributed by atoms with Gasteiger partial charge >= 0.3 is 5.97 Å². The van der Waals surface area contributed by atoms with Gasteiger partial charge in [0, 0.05) is 5.54 Å². The summed E-state index contributed by atoms with van der Waals surface area (Å²) in [5.41, 5.74) is -0.581. The number of esters is 1. The molecule has 0 spiro atoms. The minimum atomic E-state index is -3.64. The number of sulfonamides is 1. The number of carbonyl (C=O) groups is 1. The van der Waals surface area contributed by atoms with Crippen molar-refractivity contribution in [3.63, 3.8) is 0 Å². The van der Waals surface area contributed by atoms with Crippen LogP contribution in [0.4, 0.5) is 0 Å². The standard InChI is InChI=1S/C9H17NO4S/c1-8(2,3)10-15(12,13)9(5-6-9)7(11)14-4/h10H,5-6H2,1-4H3. The van der Waals surface area contributed by atoms with Crippen LogP contribution in [0.2, 0.25) is 0 Å². The number of nitrogens with one attached hydrogen (secondary N) is 1. The molecular weight excluding hydrogens is 218 g/mol. The van der Waals surface area contributed by atoms with Crippen LogP contribution in [-0.4, -0.2) is 31.8 Å². The number of hydrogen-bond acceptors (Lipinski definition) is 4. The predicted molar refractivity (Wildman–Crippen MR) is 55.8 cm³/mol. The monoisotopic (exact) mass is 235 g/mol. The number of rotatable bonds is 3. The molecule has 1 N–H and O–H groups in total. The van der Waals surface area contributed by atoms with Crippen molar-refractivity contribution in [1.29, 1.82) is 0 Å². The summed E-state index contributed by atoms with van der Waals surface area (Å²) in [4.78, 5) is 11.4. The highest BCUT2D eigenvalue weighted by molar-refractivity contribution is 7.92. The van der Waals surface area contributed by atoms with Gasteiger partial charge in [-0.2, -0.15) is 0 Å². The highest BCUT2D eigenvalue weighted by atomic mass is 32.2. The minimum Gasteiger partial charge on any atom is -0.468 e. The Labute approximate surface area is 90.2 Å². The van der Waals surface area contributed by atoms with Crippen molar-refractivity contribution in [3.05, 3.63) is 0 Å². The lowest BCUT2D eigenvalue weighted by Crippen LogP contribution is -2.49. The van der Waals surface area contributed by atoms with E-state index in [4.69, 9.17) is 0 Å². The summed E-state index contributed by atoms with van der Waals surface area (Å²) in [7, 11) is -2.44. The van der Waals surface area contributed by atoms with E-state index in [2.05, 4.69) is 9.46 Å². The lowest BCUT2D eigenvalue weighted by Gasteiger charge is -2.23. The number of methoxy groups -OCH3 is 1. The Morgan fingerprint density at radius 2 is 1.80 bits per heavy atom. The van der Waals surface area contributed by atoms with Crippen LogP contribution < -0.4 is 4.72 Å². The van der Waals surface area contributed by atoms with Crippen molar-refractivity contribution in [1.82, 2.24) is 4.72 Å². The summed E-state index contributed by atoms with van der Waals surface area (Å²) in [5.74, 6) is -0.667. The normalized spacial score (nSPS) is 19.7. The molecule has 0 atom stereocenters. The molecule has 1 aliphatic carbocycles. The van der Waals surface area contributed by atoms with Crippen molar-refractivity contribution in [2.75, 3.05) is 7.11 Å². The van der Waals surface area contributed by atoms with Crippen LogP contribution in [0.3, 0.4) is 0 Å². The second kappa shape index (κ2) is 3.45. The molecule has 0 aromatic heterocycles. The Balaban J connectivity index is 2.93. The Morgan fingerprint density at radius 1 is 1.33 bits per heavy atom. The van der Waals surface area contributed by atoms with Crippen LogP contribution >= 0.6 is 0 Å². The average molecular weight is 235 g/mol. The molecule has 1 aliphatic rings. The molecule has 1 saturated carbocycles. The Kier molecular flexibility index (Phi) is 2.86. The van der Waals surface area contributed by atoms with Crippen LogP contribution in [0.1, 0.15) is 33.6 Å². The third-order valence-electron chi connectivity index (χ3n) is 2.22. The number of ether oxygens (including phenoxy) is 1. The van der Waals surface area contributed by atoms with Gasteiger partial charge in [0.15, 0.2) is 4.75 Å². The van der Waals surface area contributed by atoms with Gasteiger partial charge < -0.3 is 4.74 Å². The van der Waals surface area contributed by atoms with Gasteiger partial charge in [-0.15, -0.1) is 0 Å². The molecule has 0 heterocycles. The second-order valence-electron chi connectivity index (χ2n) is 4.84. The smallest absolute Gasteiger partial charge is 0.328 e. The molecule has 5 nitrogen and oxygen atoms in total. The SMILES string of the molecule is COC(=O)C1(S(=O)(=O)NC(C)(C)C)CC1. The predicted octanol–water partition coefficient (Wildman–Crippen LogP) is 0.410. The van der Waals surface area contributed by atoms with Crippen molar-refractivity contribution in [2.24, 2.45) is 0 Å². The quantitative estimate of drug-likeness (QED) is 0.719. The zero-order chi connectivity index (χ0) is 11.9. The third kappa shape index (κ3) is 2.31. The van der Waals surface area contributed by atoms with Crippen LogP contribution in [0.25, 0.3) is 0 Å². The average Bonchev–Trinajstić information content (AvgIpc) is 2.78. The first kappa shape index (κ1) is 12.4. The molecule has 0 saturated heterocycles. The lowest BCUT2D eigenvalue weighted by molar-refractivity contribution is -0.141. The fourth-order valence-electron chi connectivity index (χ4n) is 1.38. The van der Waals surface area contributed by atoms with E-state index in [0.29, 0.717) is 12.8 Å². The maximum Gasteiger partial charge on any atom is 0.328 e. The van der Waals surface area contributed by atoms with Crippen molar-refractivity contribution >= 4 is 16.0 Å². The molecule has 0 aromatic rings. The van der Waals surface area contributed by atoms with Crippen molar-refractivity contribution in [3.8, 4) is 0 Å². The molecule has 88 valence electrons. The van der Waals surface area contributed by atoms with Gasteiger partial charge in [-0.05, 0) is 33.6 Å². The van der Waals surface area contributed by atoms with E-state index in [0.717, 1.165) is 0 Å². The van der Waals surface area contributed by atoms with Gasteiger partial charge in [-0.25, -0.2) is 13.1 Å². The minimum absolute atomic E-state index is 0.338. The molecule has 0 aliphatic heterocycles. The lowest BCUT2D eigenvalue weighted by atomic mass is 10.1. The molecule has 0 radical (unpaired) electrons. The maximum absolute atomic E-state index is 11.9. The van der Waals surface area contributed by atoms with Crippen LogP contribution in [0, 0.1) is 0 Å². The summed E-state index contributed by atoms with van der Waals surface area (Å²) in [6, 6.07) is 0. The van der Waals surface area contributed by atoms with E-state index < -0.39 is 26.3 Å². The summed E-state index contributed by atoms with van der Waals surface area (Å²) < 4.78 is 29.5. The zero-order valence-corrected chi connectivity index (χ0v) is 10.3. The van der Waals surface area contributed by atoms with Gasteiger partial charge in [0.25, 0.3) is 0 Å². The molecule has 0 unspecified atom stereocenters. The van der Waals surface area contributed by atoms with Crippen LogP contribution in [0.5, 0.6) is 0 Å². The molecule has 0 bridgehead atoms. The summed E-state index contributed by atoms with van der Waals surface area (Å²) >= 11 is 0. The molecule has 6 heteroatoms. The highest BCUT2D eigenvalue weighted by Gasteiger charge is 2.62. The highest BCUT2D eigenvalue weighted by Crippen LogP contribution is 2.44. The molecule has 15 heavy (non-hydrogen) atoms. The Morgan fingerprint density at radius 3 is 2.07 bits per heavy atom. The summed E-state index contributed by atoms with van der Waals surface area (Å²) in [6.45, 7) is 5.20.